The number of anilines is 2. The summed E-state index contributed by atoms with van der Waals surface area (Å²) < 4.78 is 5.93. The van der Waals surface area contributed by atoms with Gasteiger partial charge in [-0.15, -0.1) is 0 Å². The van der Waals surface area contributed by atoms with E-state index in [-0.39, 0.29) is 6.10 Å². The lowest BCUT2D eigenvalue weighted by molar-refractivity contribution is 0.0884. The molecular formula is C23H24N4O. The van der Waals surface area contributed by atoms with Crippen LogP contribution in [0.15, 0.2) is 71.9 Å². The lowest BCUT2D eigenvalue weighted by Crippen LogP contribution is -2.08. The van der Waals surface area contributed by atoms with Gasteiger partial charge < -0.3 is 15.8 Å². The lowest BCUT2D eigenvalue weighted by atomic mass is 10.0. The number of hydrogen-bond acceptors (Lipinski definition) is 4. The molecule has 5 heteroatoms. The summed E-state index contributed by atoms with van der Waals surface area (Å²) in [6, 6.07) is 20.2. The van der Waals surface area contributed by atoms with Crippen LogP contribution >= 0.6 is 0 Å². The maximum Gasteiger partial charge on any atom is 0.124 e. The lowest BCUT2D eigenvalue weighted by Gasteiger charge is -2.17. The van der Waals surface area contributed by atoms with Crippen molar-refractivity contribution in [2.45, 2.75) is 26.0 Å². The third-order valence-corrected chi connectivity index (χ3v) is 4.79. The monoisotopic (exact) mass is 372 g/mol. The van der Waals surface area contributed by atoms with Gasteiger partial charge in [-0.1, -0.05) is 30.3 Å². The van der Waals surface area contributed by atoms with Gasteiger partial charge in [0.1, 0.15) is 11.9 Å². The van der Waals surface area contributed by atoms with Crippen LogP contribution in [0.4, 0.5) is 11.4 Å². The molecule has 0 spiro atoms. The second-order valence-electron chi connectivity index (χ2n) is 6.81. The highest BCUT2D eigenvalue weighted by Crippen LogP contribution is 2.26. The standard InChI is InChI=1S/C23H24N4O/c1-2-28-23(21-5-3-4-12-25-21)17-8-6-16(7-9-17)15-26-22-14-18-13-19(24)10-11-20(18)27-22/h3-13,23H,2,14-15,24H2,1H3,(H,26,27). The minimum atomic E-state index is -0.150. The first kappa shape index (κ1) is 18.2. The van der Waals surface area contributed by atoms with E-state index in [9.17, 15) is 0 Å². The normalized spacial score (nSPS) is 15.2. The molecule has 0 aliphatic carbocycles. The Morgan fingerprint density at radius 1 is 1.14 bits per heavy atom. The SMILES string of the molecule is CCOC(c1ccc(CN=C2Cc3cc(N)ccc3N2)cc1)c1ccccn1. The highest BCUT2D eigenvalue weighted by atomic mass is 16.5. The number of nitrogens with one attached hydrogen (secondary N) is 1. The van der Waals surface area contributed by atoms with E-state index in [4.69, 9.17) is 15.5 Å². The number of nitrogen functional groups attached to an aromatic ring is 1. The van der Waals surface area contributed by atoms with Gasteiger partial charge in [0, 0.05) is 30.6 Å². The van der Waals surface area contributed by atoms with Crippen LogP contribution in [0.5, 0.6) is 0 Å². The summed E-state index contributed by atoms with van der Waals surface area (Å²) in [6.07, 6.45) is 2.44. The molecule has 5 nitrogen and oxygen atoms in total. The average Bonchev–Trinajstić information content (AvgIpc) is 3.13. The Labute approximate surface area is 165 Å². The van der Waals surface area contributed by atoms with Gasteiger partial charge in [-0.25, -0.2) is 0 Å². The van der Waals surface area contributed by atoms with Gasteiger partial charge in [-0.3, -0.25) is 9.98 Å². The number of aliphatic imine (C=N–C) groups is 1. The van der Waals surface area contributed by atoms with Gasteiger partial charge in [-0.05, 0) is 53.9 Å². The van der Waals surface area contributed by atoms with Crippen molar-refractivity contribution in [1.82, 2.24) is 4.98 Å². The van der Waals surface area contributed by atoms with Gasteiger partial charge in [0.25, 0.3) is 0 Å². The molecule has 0 saturated heterocycles. The van der Waals surface area contributed by atoms with Crippen molar-refractivity contribution >= 4 is 17.2 Å². The zero-order chi connectivity index (χ0) is 19.3. The topological polar surface area (TPSA) is 72.5 Å². The quantitative estimate of drug-likeness (QED) is 0.631. The van der Waals surface area contributed by atoms with Crippen molar-refractivity contribution < 1.29 is 4.74 Å². The molecular weight excluding hydrogens is 348 g/mol. The van der Waals surface area contributed by atoms with E-state index < -0.39 is 0 Å². The Bertz CT molecular complexity index is 968. The first-order valence-electron chi connectivity index (χ1n) is 9.53. The predicted octanol–water partition coefficient (Wildman–Crippen LogP) is 4.36. The van der Waals surface area contributed by atoms with Crippen LogP contribution in [-0.4, -0.2) is 17.4 Å². The maximum absolute atomic E-state index is 5.93. The minimum Gasteiger partial charge on any atom is -0.399 e. The van der Waals surface area contributed by atoms with Crippen LogP contribution < -0.4 is 11.1 Å². The molecule has 4 rings (SSSR count). The summed E-state index contributed by atoms with van der Waals surface area (Å²) in [7, 11) is 0. The highest BCUT2D eigenvalue weighted by molar-refractivity contribution is 6.03. The number of benzene rings is 2. The molecule has 1 unspecified atom stereocenters. The fourth-order valence-electron chi connectivity index (χ4n) is 3.39. The van der Waals surface area contributed by atoms with Crippen LogP contribution in [0.25, 0.3) is 0 Å². The summed E-state index contributed by atoms with van der Waals surface area (Å²) in [6.45, 7) is 3.27. The van der Waals surface area contributed by atoms with Gasteiger partial charge in [0.15, 0.2) is 0 Å². The molecule has 0 amide bonds. The van der Waals surface area contributed by atoms with E-state index in [1.165, 1.54) is 5.56 Å². The van der Waals surface area contributed by atoms with Gasteiger partial charge in [0.2, 0.25) is 0 Å². The number of fused-ring (bicyclic) bond motifs is 1. The first-order chi connectivity index (χ1) is 13.7. The van der Waals surface area contributed by atoms with Crippen molar-refractivity contribution in [2.75, 3.05) is 17.7 Å². The Morgan fingerprint density at radius 3 is 2.75 bits per heavy atom. The number of aromatic nitrogens is 1. The first-order valence-corrected chi connectivity index (χ1v) is 9.53. The Hall–Kier alpha value is -3.18. The molecule has 0 bridgehead atoms. The smallest absolute Gasteiger partial charge is 0.124 e. The molecule has 2 heterocycles. The average molecular weight is 372 g/mol. The fourth-order valence-corrected chi connectivity index (χ4v) is 3.39. The molecule has 2 aromatic carbocycles. The van der Waals surface area contributed by atoms with Crippen molar-refractivity contribution in [2.24, 2.45) is 4.99 Å². The van der Waals surface area contributed by atoms with Crippen molar-refractivity contribution in [3.8, 4) is 0 Å². The van der Waals surface area contributed by atoms with E-state index in [0.717, 1.165) is 40.5 Å². The van der Waals surface area contributed by atoms with E-state index in [2.05, 4.69) is 34.6 Å². The zero-order valence-electron chi connectivity index (χ0n) is 15.9. The Kier molecular flexibility index (Phi) is 5.35. The number of ether oxygens (including phenoxy) is 1. The molecule has 1 aromatic heterocycles. The fraction of sp³-hybridized carbons (Fsp3) is 0.217. The molecule has 0 saturated carbocycles. The van der Waals surface area contributed by atoms with Gasteiger partial charge in [-0.2, -0.15) is 0 Å². The summed E-state index contributed by atoms with van der Waals surface area (Å²) in [4.78, 5) is 9.17. The van der Waals surface area contributed by atoms with Crippen LogP contribution in [-0.2, 0) is 17.7 Å². The van der Waals surface area contributed by atoms with E-state index in [0.29, 0.717) is 13.2 Å². The summed E-state index contributed by atoms with van der Waals surface area (Å²) in [5, 5.41) is 3.37. The molecule has 28 heavy (non-hydrogen) atoms. The van der Waals surface area contributed by atoms with Crippen molar-refractivity contribution in [3.63, 3.8) is 0 Å². The zero-order valence-corrected chi connectivity index (χ0v) is 15.9. The number of pyridine rings is 1. The molecule has 0 fully saturated rings. The Morgan fingerprint density at radius 2 is 2.00 bits per heavy atom. The number of nitrogens with two attached hydrogens (primary N) is 1. The summed E-state index contributed by atoms with van der Waals surface area (Å²) in [5.74, 6) is 0.977. The van der Waals surface area contributed by atoms with E-state index >= 15 is 0 Å². The van der Waals surface area contributed by atoms with E-state index in [1.807, 2.05) is 43.3 Å². The van der Waals surface area contributed by atoms with Crippen molar-refractivity contribution in [3.05, 3.63) is 89.2 Å². The van der Waals surface area contributed by atoms with Gasteiger partial charge in [0.05, 0.1) is 12.2 Å². The van der Waals surface area contributed by atoms with E-state index in [1.54, 1.807) is 6.20 Å². The third kappa shape index (κ3) is 4.05. The van der Waals surface area contributed by atoms with Gasteiger partial charge >= 0.3 is 0 Å². The highest BCUT2D eigenvalue weighted by Gasteiger charge is 2.17. The predicted molar refractivity (Wildman–Crippen MR) is 113 cm³/mol. The summed E-state index contributed by atoms with van der Waals surface area (Å²) in [5.41, 5.74) is 12.1. The number of rotatable bonds is 6. The molecule has 3 N–H and O–H groups in total. The third-order valence-electron chi connectivity index (χ3n) is 4.79. The molecule has 3 aromatic rings. The second kappa shape index (κ2) is 8.23. The largest absolute Gasteiger partial charge is 0.399 e. The summed E-state index contributed by atoms with van der Waals surface area (Å²) >= 11 is 0. The Balaban J connectivity index is 1.45. The molecule has 0 radical (unpaired) electrons. The minimum absolute atomic E-state index is 0.150. The van der Waals surface area contributed by atoms with Crippen LogP contribution in [0.3, 0.4) is 0 Å². The molecule has 142 valence electrons. The van der Waals surface area contributed by atoms with Crippen LogP contribution in [0.2, 0.25) is 0 Å². The second-order valence-corrected chi connectivity index (χ2v) is 6.81. The number of hydrogen-bond donors (Lipinski definition) is 2. The molecule has 1 atom stereocenters. The van der Waals surface area contributed by atoms with Crippen molar-refractivity contribution in [1.29, 1.82) is 0 Å². The molecule has 1 aliphatic rings. The number of amidine groups is 1. The maximum atomic E-state index is 5.93. The number of nitrogens with zero attached hydrogens (tertiary/aromatic N) is 2. The van der Waals surface area contributed by atoms with Crippen LogP contribution in [0, 0.1) is 0 Å². The molecule has 1 aliphatic heterocycles. The van der Waals surface area contributed by atoms with Crippen LogP contribution in [0.1, 0.15) is 35.4 Å².